The van der Waals surface area contributed by atoms with E-state index in [1.54, 1.807) is 18.5 Å². The Bertz CT molecular complexity index is 851. The highest BCUT2D eigenvalue weighted by atomic mass is 16.5. The van der Waals surface area contributed by atoms with Crippen molar-refractivity contribution in [3.8, 4) is 5.75 Å². The summed E-state index contributed by atoms with van der Waals surface area (Å²) in [5.74, 6) is 1.15. The molecule has 0 aliphatic carbocycles. The smallest absolute Gasteiger partial charge is 0.266 e. The number of hydrogen-bond acceptors (Lipinski definition) is 4. The maximum Gasteiger partial charge on any atom is 0.266 e. The number of rotatable bonds is 5. The van der Waals surface area contributed by atoms with E-state index in [0.29, 0.717) is 12.2 Å². The SMILES string of the molecule is O=C(Nc1ccn(CCc2ccncc2)n1)[C@@H]1Cc2ccccc2O1. The maximum atomic E-state index is 12.4. The van der Waals surface area contributed by atoms with Crippen LogP contribution in [0.1, 0.15) is 11.1 Å². The van der Waals surface area contributed by atoms with E-state index in [4.69, 9.17) is 4.74 Å². The number of aromatic nitrogens is 3. The van der Waals surface area contributed by atoms with Crippen LogP contribution >= 0.6 is 0 Å². The Hall–Kier alpha value is -3.15. The van der Waals surface area contributed by atoms with Gasteiger partial charge in [-0.15, -0.1) is 0 Å². The minimum absolute atomic E-state index is 0.171. The fraction of sp³-hybridized carbons (Fsp3) is 0.211. The normalized spacial score (nSPS) is 15.4. The van der Waals surface area contributed by atoms with Crippen LogP contribution in [0.2, 0.25) is 0 Å². The van der Waals surface area contributed by atoms with Gasteiger partial charge in [0.15, 0.2) is 11.9 Å². The number of para-hydroxylation sites is 1. The van der Waals surface area contributed by atoms with Gasteiger partial charge in [0, 0.05) is 37.6 Å². The number of nitrogens with zero attached hydrogens (tertiary/aromatic N) is 3. The minimum atomic E-state index is -0.501. The standard InChI is InChI=1S/C19H18N4O2/c24-19(17-13-15-3-1-2-4-16(15)25-17)21-18-8-12-23(22-18)11-7-14-5-9-20-10-6-14/h1-6,8-10,12,17H,7,11,13H2,(H,21,22,24)/t17-/m0/s1. The van der Waals surface area contributed by atoms with Crippen LogP contribution in [0.15, 0.2) is 61.1 Å². The molecule has 2 aromatic heterocycles. The van der Waals surface area contributed by atoms with Crippen LogP contribution in [0.3, 0.4) is 0 Å². The van der Waals surface area contributed by atoms with Crippen LogP contribution in [0.4, 0.5) is 5.82 Å². The number of amides is 1. The second-order valence-corrected chi connectivity index (χ2v) is 5.98. The van der Waals surface area contributed by atoms with Crippen molar-refractivity contribution in [2.45, 2.75) is 25.5 Å². The summed E-state index contributed by atoms with van der Waals surface area (Å²) < 4.78 is 7.52. The van der Waals surface area contributed by atoms with Gasteiger partial charge in [0.1, 0.15) is 5.75 Å². The van der Waals surface area contributed by atoms with Crippen LogP contribution in [-0.4, -0.2) is 26.8 Å². The fourth-order valence-electron chi connectivity index (χ4n) is 2.88. The highest BCUT2D eigenvalue weighted by Gasteiger charge is 2.29. The van der Waals surface area contributed by atoms with Crippen molar-refractivity contribution < 1.29 is 9.53 Å². The van der Waals surface area contributed by atoms with E-state index in [2.05, 4.69) is 15.4 Å². The Morgan fingerprint density at radius 3 is 2.88 bits per heavy atom. The van der Waals surface area contributed by atoms with E-state index in [0.717, 1.165) is 24.3 Å². The zero-order valence-electron chi connectivity index (χ0n) is 13.6. The zero-order valence-corrected chi connectivity index (χ0v) is 13.6. The largest absolute Gasteiger partial charge is 0.480 e. The summed E-state index contributed by atoms with van der Waals surface area (Å²) in [7, 11) is 0. The summed E-state index contributed by atoms with van der Waals surface area (Å²) in [6.07, 6.45) is 6.37. The molecule has 6 nitrogen and oxygen atoms in total. The fourth-order valence-corrected chi connectivity index (χ4v) is 2.88. The monoisotopic (exact) mass is 334 g/mol. The van der Waals surface area contributed by atoms with E-state index < -0.39 is 6.10 Å². The summed E-state index contributed by atoms with van der Waals surface area (Å²) >= 11 is 0. The molecule has 25 heavy (non-hydrogen) atoms. The van der Waals surface area contributed by atoms with Crippen molar-refractivity contribution in [3.63, 3.8) is 0 Å². The molecule has 3 heterocycles. The summed E-state index contributed by atoms with van der Waals surface area (Å²) in [6.45, 7) is 0.741. The number of ether oxygens (including phenoxy) is 1. The first-order valence-corrected chi connectivity index (χ1v) is 8.26. The number of pyridine rings is 1. The molecule has 1 aromatic carbocycles. The predicted molar refractivity (Wildman–Crippen MR) is 93.4 cm³/mol. The van der Waals surface area contributed by atoms with E-state index in [1.807, 2.05) is 47.3 Å². The van der Waals surface area contributed by atoms with Crippen LogP contribution in [0.25, 0.3) is 0 Å². The van der Waals surface area contributed by atoms with E-state index >= 15 is 0 Å². The van der Waals surface area contributed by atoms with Crippen molar-refractivity contribution in [3.05, 3.63) is 72.2 Å². The molecule has 0 saturated heterocycles. The highest BCUT2D eigenvalue weighted by Crippen LogP contribution is 2.28. The third-order valence-corrected chi connectivity index (χ3v) is 4.21. The molecule has 0 fully saturated rings. The maximum absolute atomic E-state index is 12.4. The lowest BCUT2D eigenvalue weighted by Gasteiger charge is -2.09. The molecule has 3 aromatic rings. The molecule has 1 aliphatic heterocycles. The van der Waals surface area contributed by atoms with Crippen LogP contribution in [0.5, 0.6) is 5.75 Å². The van der Waals surface area contributed by atoms with Crippen LogP contribution < -0.4 is 10.1 Å². The minimum Gasteiger partial charge on any atom is -0.480 e. The molecule has 0 radical (unpaired) electrons. The van der Waals surface area contributed by atoms with Gasteiger partial charge in [-0.25, -0.2) is 0 Å². The van der Waals surface area contributed by atoms with Gasteiger partial charge in [-0.1, -0.05) is 18.2 Å². The lowest BCUT2D eigenvalue weighted by molar-refractivity contribution is -0.122. The number of aryl methyl sites for hydroxylation is 2. The Kier molecular flexibility index (Phi) is 4.16. The number of anilines is 1. The van der Waals surface area contributed by atoms with Gasteiger partial charge in [-0.2, -0.15) is 5.10 Å². The molecule has 4 rings (SSSR count). The molecule has 0 spiro atoms. The van der Waals surface area contributed by atoms with Crippen molar-refractivity contribution in [2.75, 3.05) is 5.32 Å². The predicted octanol–water partition coefficient (Wildman–Crippen LogP) is 2.46. The zero-order chi connectivity index (χ0) is 17.1. The first-order valence-electron chi connectivity index (χ1n) is 8.26. The number of hydrogen-bond donors (Lipinski definition) is 1. The molecular weight excluding hydrogens is 316 g/mol. The number of nitrogens with one attached hydrogen (secondary N) is 1. The average molecular weight is 334 g/mol. The van der Waals surface area contributed by atoms with Crippen LogP contribution in [0, 0.1) is 0 Å². The lowest BCUT2D eigenvalue weighted by Crippen LogP contribution is -2.31. The van der Waals surface area contributed by atoms with E-state index in [-0.39, 0.29) is 5.91 Å². The third kappa shape index (κ3) is 3.52. The van der Waals surface area contributed by atoms with Crippen molar-refractivity contribution in [1.82, 2.24) is 14.8 Å². The van der Waals surface area contributed by atoms with E-state index in [1.165, 1.54) is 5.56 Å². The lowest BCUT2D eigenvalue weighted by atomic mass is 10.1. The highest BCUT2D eigenvalue weighted by molar-refractivity contribution is 5.94. The Labute approximate surface area is 145 Å². The average Bonchev–Trinajstić information content (AvgIpc) is 3.27. The van der Waals surface area contributed by atoms with Gasteiger partial charge in [0.25, 0.3) is 5.91 Å². The molecule has 0 unspecified atom stereocenters. The summed E-state index contributed by atoms with van der Waals surface area (Å²) in [4.78, 5) is 16.4. The van der Waals surface area contributed by atoms with Gasteiger partial charge in [-0.05, 0) is 35.7 Å². The molecule has 1 amide bonds. The summed E-state index contributed by atoms with van der Waals surface area (Å²) in [5.41, 5.74) is 2.26. The quantitative estimate of drug-likeness (QED) is 0.778. The topological polar surface area (TPSA) is 69.0 Å². The second-order valence-electron chi connectivity index (χ2n) is 5.98. The molecular formula is C19H18N4O2. The van der Waals surface area contributed by atoms with Crippen molar-refractivity contribution in [1.29, 1.82) is 0 Å². The van der Waals surface area contributed by atoms with Gasteiger partial charge >= 0.3 is 0 Å². The van der Waals surface area contributed by atoms with Gasteiger partial charge in [0.05, 0.1) is 0 Å². The van der Waals surface area contributed by atoms with Gasteiger partial charge in [-0.3, -0.25) is 14.5 Å². The summed E-state index contributed by atoms with van der Waals surface area (Å²) in [6, 6.07) is 13.5. The van der Waals surface area contributed by atoms with Crippen LogP contribution in [-0.2, 0) is 24.2 Å². The molecule has 1 atom stereocenters. The molecule has 1 N–H and O–H groups in total. The molecule has 126 valence electrons. The third-order valence-electron chi connectivity index (χ3n) is 4.21. The van der Waals surface area contributed by atoms with Crippen molar-refractivity contribution in [2.24, 2.45) is 0 Å². The molecule has 0 bridgehead atoms. The molecule has 6 heteroatoms. The van der Waals surface area contributed by atoms with Gasteiger partial charge < -0.3 is 10.1 Å². The molecule has 0 saturated carbocycles. The van der Waals surface area contributed by atoms with Gasteiger partial charge in [0.2, 0.25) is 0 Å². The Morgan fingerprint density at radius 1 is 1.20 bits per heavy atom. The number of carbonyl (C=O) groups is 1. The summed E-state index contributed by atoms with van der Waals surface area (Å²) in [5, 5.41) is 7.23. The van der Waals surface area contributed by atoms with E-state index in [9.17, 15) is 4.79 Å². The molecule has 1 aliphatic rings. The van der Waals surface area contributed by atoms with Crippen molar-refractivity contribution >= 4 is 11.7 Å². The Morgan fingerprint density at radius 2 is 2.04 bits per heavy atom. The second kappa shape index (κ2) is 6.76. The first-order chi connectivity index (χ1) is 12.3. The first kappa shape index (κ1) is 15.4. The number of fused-ring (bicyclic) bond motifs is 1. The Balaban J connectivity index is 1.33. The number of benzene rings is 1. The number of carbonyl (C=O) groups excluding carboxylic acids is 1.